The first-order valence-electron chi connectivity index (χ1n) is 6.76. The summed E-state index contributed by atoms with van der Waals surface area (Å²) in [5.74, 6) is 2.66. The van der Waals surface area contributed by atoms with Crippen molar-refractivity contribution in [1.29, 1.82) is 0 Å². The summed E-state index contributed by atoms with van der Waals surface area (Å²) in [5.41, 5.74) is 9.17. The van der Waals surface area contributed by atoms with E-state index in [0.29, 0.717) is 11.8 Å². The van der Waals surface area contributed by atoms with Crippen LogP contribution < -0.4 is 5.73 Å². The number of rotatable bonds is 2. The Kier molecular flexibility index (Phi) is 2.49. The van der Waals surface area contributed by atoms with E-state index in [1.165, 1.54) is 19.3 Å². The van der Waals surface area contributed by atoms with Gasteiger partial charge in [-0.1, -0.05) is 39.6 Å². The van der Waals surface area contributed by atoms with E-state index in [0.717, 1.165) is 33.1 Å². The van der Waals surface area contributed by atoms with Crippen LogP contribution in [0.15, 0.2) is 33.3 Å². The van der Waals surface area contributed by atoms with E-state index in [4.69, 9.17) is 10.3 Å². The highest BCUT2D eigenvalue weighted by atomic mass is 79.9. The fourth-order valence-electron chi connectivity index (χ4n) is 3.68. The van der Waals surface area contributed by atoms with E-state index >= 15 is 0 Å². The van der Waals surface area contributed by atoms with Crippen molar-refractivity contribution in [2.75, 3.05) is 5.73 Å². The lowest BCUT2D eigenvalue weighted by Crippen LogP contribution is -1.93. The molecule has 0 spiro atoms. The summed E-state index contributed by atoms with van der Waals surface area (Å²) in [6.07, 6.45) is 4.04. The van der Waals surface area contributed by atoms with Gasteiger partial charge in [-0.3, -0.25) is 0 Å². The van der Waals surface area contributed by atoms with Gasteiger partial charge in [0.25, 0.3) is 0 Å². The summed E-state index contributed by atoms with van der Waals surface area (Å²) < 4.78 is 6.33. The van der Waals surface area contributed by atoms with E-state index in [-0.39, 0.29) is 0 Å². The zero-order valence-corrected chi connectivity index (χ0v) is 12.1. The molecule has 4 heteroatoms. The second kappa shape index (κ2) is 4.10. The van der Waals surface area contributed by atoms with Gasteiger partial charge in [0.2, 0.25) is 5.88 Å². The number of nitrogens with two attached hydrogens (primary N) is 1. The molecule has 0 radical (unpaired) electrons. The molecule has 1 aromatic heterocycles. The van der Waals surface area contributed by atoms with Crippen LogP contribution in [-0.2, 0) is 0 Å². The summed E-state index contributed by atoms with van der Waals surface area (Å²) in [6.45, 7) is 0. The molecule has 0 aliphatic heterocycles. The van der Waals surface area contributed by atoms with E-state index in [1.54, 1.807) is 0 Å². The maximum atomic E-state index is 5.99. The Morgan fingerprint density at radius 3 is 2.53 bits per heavy atom. The molecule has 0 bridgehead atoms. The summed E-state index contributed by atoms with van der Waals surface area (Å²) in [7, 11) is 0. The molecule has 0 saturated heterocycles. The van der Waals surface area contributed by atoms with Crippen LogP contribution in [0.3, 0.4) is 0 Å². The molecule has 2 atom stereocenters. The molecule has 1 aromatic carbocycles. The highest BCUT2D eigenvalue weighted by molar-refractivity contribution is 9.10. The van der Waals surface area contributed by atoms with Crippen molar-refractivity contribution in [3.63, 3.8) is 0 Å². The summed E-state index contributed by atoms with van der Waals surface area (Å²) in [5, 5.41) is 4.25. The third-order valence-corrected chi connectivity index (χ3v) is 5.13. The topological polar surface area (TPSA) is 52.0 Å². The first kappa shape index (κ1) is 11.5. The minimum atomic E-state index is 0.447. The minimum absolute atomic E-state index is 0.447. The molecule has 3 nitrogen and oxygen atoms in total. The van der Waals surface area contributed by atoms with Crippen LogP contribution in [0.25, 0.3) is 11.1 Å². The largest absolute Gasteiger partial charge is 0.367 e. The molecule has 2 unspecified atom stereocenters. The van der Waals surface area contributed by atoms with Crippen LogP contribution >= 0.6 is 15.9 Å². The Hall–Kier alpha value is -1.29. The molecule has 98 valence electrons. The monoisotopic (exact) mass is 318 g/mol. The van der Waals surface area contributed by atoms with Gasteiger partial charge in [-0.05, 0) is 42.4 Å². The van der Waals surface area contributed by atoms with Crippen molar-refractivity contribution in [3.05, 3.63) is 34.4 Å². The average Bonchev–Trinajstić information content (AvgIpc) is 2.78. The van der Waals surface area contributed by atoms with Crippen LogP contribution in [0.2, 0.25) is 0 Å². The van der Waals surface area contributed by atoms with Crippen LogP contribution in [0.4, 0.5) is 5.88 Å². The molecular weight excluding hydrogens is 304 g/mol. The Bertz CT molecular complexity index is 610. The smallest absolute Gasteiger partial charge is 0.230 e. The van der Waals surface area contributed by atoms with Crippen molar-refractivity contribution in [1.82, 2.24) is 5.16 Å². The van der Waals surface area contributed by atoms with Crippen molar-refractivity contribution in [2.45, 2.75) is 25.2 Å². The molecule has 2 saturated carbocycles. The van der Waals surface area contributed by atoms with Crippen molar-refractivity contribution < 1.29 is 4.52 Å². The quantitative estimate of drug-likeness (QED) is 0.902. The summed E-state index contributed by atoms with van der Waals surface area (Å²) >= 11 is 3.46. The van der Waals surface area contributed by atoms with E-state index in [1.807, 2.05) is 12.1 Å². The number of halogens is 1. The maximum absolute atomic E-state index is 5.99. The van der Waals surface area contributed by atoms with Crippen LogP contribution in [0, 0.1) is 11.8 Å². The molecule has 2 aromatic rings. The van der Waals surface area contributed by atoms with Gasteiger partial charge in [-0.25, -0.2) is 0 Å². The fourth-order valence-corrected chi connectivity index (χ4v) is 3.94. The minimum Gasteiger partial charge on any atom is -0.367 e. The molecule has 0 amide bonds. The number of aromatic nitrogens is 1. The molecule has 2 aliphatic rings. The van der Waals surface area contributed by atoms with Gasteiger partial charge >= 0.3 is 0 Å². The third kappa shape index (κ3) is 1.73. The van der Waals surface area contributed by atoms with Gasteiger partial charge in [0.1, 0.15) is 0 Å². The first-order valence-corrected chi connectivity index (χ1v) is 7.56. The highest BCUT2D eigenvalue weighted by Gasteiger charge is 2.55. The number of nitrogens with zero attached hydrogens (tertiary/aromatic N) is 1. The number of nitrogen functional groups attached to an aromatic ring is 1. The molecule has 19 heavy (non-hydrogen) atoms. The predicted molar refractivity (Wildman–Crippen MR) is 77.6 cm³/mol. The molecule has 2 aliphatic carbocycles. The van der Waals surface area contributed by atoms with Crippen LogP contribution in [0.5, 0.6) is 0 Å². The maximum Gasteiger partial charge on any atom is 0.230 e. The number of anilines is 1. The Balaban J connectivity index is 1.75. The van der Waals surface area contributed by atoms with E-state index in [9.17, 15) is 0 Å². The van der Waals surface area contributed by atoms with Crippen molar-refractivity contribution in [2.24, 2.45) is 11.8 Å². The zero-order chi connectivity index (χ0) is 13.0. The van der Waals surface area contributed by atoms with Gasteiger partial charge in [-0.2, -0.15) is 0 Å². The number of benzene rings is 1. The van der Waals surface area contributed by atoms with E-state index in [2.05, 4.69) is 33.2 Å². The van der Waals surface area contributed by atoms with Crippen LogP contribution in [0.1, 0.15) is 30.9 Å². The lowest BCUT2D eigenvalue weighted by Gasteiger charge is -2.04. The zero-order valence-electron chi connectivity index (χ0n) is 10.5. The molecule has 1 heterocycles. The standard InChI is InChI=1S/C15H15BrN2O/c16-9-6-4-8(5-7-9)12-14(18-19-15(12)17)13-10-2-1-3-11(10)13/h4-7,10-11,13H,1-3,17H2. The van der Waals surface area contributed by atoms with Gasteiger partial charge in [0.05, 0.1) is 11.3 Å². The highest BCUT2D eigenvalue weighted by Crippen LogP contribution is 2.64. The van der Waals surface area contributed by atoms with Crippen molar-refractivity contribution in [3.8, 4) is 11.1 Å². The van der Waals surface area contributed by atoms with Gasteiger partial charge < -0.3 is 10.3 Å². The average molecular weight is 319 g/mol. The van der Waals surface area contributed by atoms with Gasteiger partial charge in [-0.15, -0.1) is 0 Å². The SMILES string of the molecule is Nc1onc(C2C3CCCC32)c1-c1ccc(Br)cc1. The lowest BCUT2D eigenvalue weighted by molar-refractivity contribution is 0.424. The third-order valence-electron chi connectivity index (χ3n) is 4.60. The fraction of sp³-hybridized carbons (Fsp3) is 0.400. The number of hydrogen-bond donors (Lipinski definition) is 1. The number of fused-ring (bicyclic) bond motifs is 1. The van der Waals surface area contributed by atoms with E-state index < -0.39 is 0 Å². The predicted octanol–water partition coefficient (Wildman–Crippen LogP) is 4.20. The Labute approximate surface area is 120 Å². The van der Waals surface area contributed by atoms with Gasteiger partial charge in [0.15, 0.2) is 0 Å². The lowest BCUT2D eigenvalue weighted by atomic mass is 10.00. The van der Waals surface area contributed by atoms with Gasteiger partial charge in [0, 0.05) is 10.4 Å². The first-order chi connectivity index (χ1) is 9.25. The Morgan fingerprint density at radius 2 is 1.84 bits per heavy atom. The summed E-state index contributed by atoms with van der Waals surface area (Å²) in [6, 6.07) is 8.18. The second-order valence-corrected chi connectivity index (χ2v) is 6.51. The molecule has 2 fully saturated rings. The molecule has 4 rings (SSSR count). The van der Waals surface area contributed by atoms with Crippen molar-refractivity contribution >= 4 is 21.8 Å². The normalized spacial score (nSPS) is 28.4. The molecular formula is C15H15BrN2O. The van der Waals surface area contributed by atoms with Crippen LogP contribution in [-0.4, -0.2) is 5.16 Å². The molecule has 2 N–H and O–H groups in total. The summed E-state index contributed by atoms with van der Waals surface area (Å²) in [4.78, 5) is 0. The Morgan fingerprint density at radius 1 is 1.16 bits per heavy atom. The number of hydrogen-bond acceptors (Lipinski definition) is 3. The second-order valence-electron chi connectivity index (χ2n) is 5.60.